The van der Waals surface area contributed by atoms with E-state index in [1.54, 1.807) is 6.08 Å². The fourth-order valence-corrected chi connectivity index (χ4v) is 2.14. The molecule has 15 heavy (non-hydrogen) atoms. The monoisotopic (exact) mass is 202 g/mol. The number of rotatable bonds is 1. The largest absolute Gasteiger partial charge is 0.384 e. The molecule has 1 aromatic carbocycles. The lowest BCUT2D eigenvalue weighted by atomic mass is 9.79. The fourth-order valence-electron chi connectivity index (χ4n) is 2.14. The van der Waals surface area contributed by atoms with E-state index in [-0.39, 0.29) is 12.2 Å². The molecule has 1 aromatic rings. The highest BCUT2D eigenvalue weighted by Gasteiger charge is 2.34. The summed E-state index contributed by atoms with van der Waals surface area (Å²) in [5.74, 6) is 0.00473. The summed E-state index contributed by atoms with van der Waals surface area (Å²) in [6.45, 7) is 1.88. The molecule has 0 saturated carbocycles. The minimum absolute atomic E-state index is 0.00473. The molecule has 2 heteroatoms. The van der Waals surface area contributed by atoms with Crippen LogP contribution in [-0.4, -0.2) is 10.9 Å². The SMILES string of the molecule is CC1=CC(=O)CC(O)(c2ccccc2)C1. The van der Waals surface area contributed by atoms with Crippen LogP contribution in [0.3, 0.4) is 0 Å². The van der Waals surface area contributed by atoms with Crippen molar-refractivity contribution >= 4 is 5.78 Å². The molecule has 1 aliphatic rings. The standard InChI is InChI=1S/C13H14O2/c1-10-7-12(14)9-13(15,8-10)11-5-3-2-4-6-11/h2-7,15H,8-9H2,1H3. The fraction of sp³-hybridized carbons (Fsp3) is 0.308. The van der Waals surface area contributed by atoms with Crippen molar-refractivity contribution in [3.8, 4) is 0 Å². The van der Waals surface area contributed by atoms with Crippen LogP contribution in [0, 0.1) is 0 Å². The number of benzene rings is 1. The zero-order valence-electron chi connectivity index (χ0n) is 8.73. The van der Waals surface area contributed by atoms with Gasteiger partial charge in [-0.05, 0) is 18.6 Å². The Morgan fingerprint density at radius 2 is 1.87 bits per heavy atom. The Balaban J connectivity index is 2.37. The summed E-state index contributed by atoms with van der Waals surface area (Å²) < 4.78 is 0. The maximum absolute atomic E-state index is 11.4. The maximum Gasteiger partial charge on any atom is 0.158 e. The number of aliphatic hydroxyl groups is 1. The summed E-state index contributed by atoms with van der Waals surface area (Å²) in [6, 6.07) is 9.40. The molecule has 1 atom stereocenters. The highest BCUT2D eigenvalue weighted by atomic mass is 16.3. The maximum atomic E-state index is 11.4. The first kappa shape index (κ1) is 10.1. The predicted octanol–water partition coefficient (Wildman–Crippen LogP) is 2.18. The van der Waals surface area contributed by atoms with E-state index in [9.17, 15) is 9.90 Å². The van der Waals surface area contributed by atoms with Crippen LogP contribution < -0.4 is 0 Å². The van der Waals surface area contributed by atoms with Crippen LogP contribution in [0.25, 0.3) is 0 Å². The molecule has 0 amide bonds. The Morgan fingerprint density at radius 1 is 1.20 bits per heavy atom. The normalized spacial score (nSPS) is 26.3. The van der Waals surface area contributed by atoms with Crippen LogP contribution in [0.2, 0.25) is 0 Å². The molecule has 0 spiro atoms. The average molecular weight is 202 g/mol. The van der Waals surface area contributed by atoms with Crippen LogP contribution in [-0.2, 0) is 10.4 Å². The van der Waals surface area contributed by atoms with Gasteiger partial charge in [-0.1, -0.05) is 35.9 Å². The smallest absolute Gasteiger partial charge is 0.158 e. The molecular weight excluding hydrogens is 188 g/mol. The summed E-state index contributed by atoms with van der Waals surface area (Å²) in [4.78, 5) is 11.4. The van der Waals surface area contributed by atoms with Gasteiger partial charge in [-0.3, -0.25) is 4.79 Å². The molecular formula is C13H14O2. The topological polar surface area (TPSA) is 37.3 Å². The van der Waals surface area contributed by atoms with E-state index in [1.165, 1.54) is 0 Å². The van der Waals surface area contributed by atoms with Gasteiger partial charge >= 0.3 is 0 Å². The summed E-state index contributed by atoms with van der Waals surface area (Å²) >= 11 is 0. The second-order valence-corrected chi connectivity index (χ2v) is 4.21. The number of hydrogen-bond donors (Lipinski definition) is 1. The predicted molar refractivity (Wildman–Crippen MR) is 58.3 cm³/mol. The number of carbonyl (C=O) groups is 1. The number of allylic oxidation sites excluding steroid dienone is 1. The van der Waals surface area contributed by atoms with E-state index in [4.69, 9.17) is 0 Å². The number of ketones is 1. The van der Waals surface area contributed by atoms with Gasteiger partial charge < -0.3 is 5.11 Å². The van der Waals surface area contributed by atoms with Crippen LogP contribution in [0.15, 0.2) is 42.0 Å². The molecule has 1 aliphatic carbocycles. The summed E-state index contributed by atoms with van der Waals surface area (Å²) in [7, 11) is 0. The molecule has 2 rings (SSSR count). The Labute approximate surface area is 89.2 Å². The van der Waals surface area contributed by atoms with Gasteiger partial charge in [0.15, 0.2) is 5.78 Å². The quantitative estimate of drug-likeness (QED) is 0.757. The Kier molecular flexibility index (Phi) is 2.45. The Bertz CT molecular complexity index is 406. The van der Waals surface area contributed by atoms with Crippen molar-refractivity contribution in [2.75, 3.05) is 0 Å². The van der Waals surface area contributed by atoms with Crippen LogP contribution >= 0.6 is 0 Å². The van der Waals surface area contributed by atoms with E-state index >= 15 is 0 Å². The highest BCUT2D eigenvalue weighted by Crippen LogP contribution is 2.35. The molecule has 0 heterocycles. The number of carbonyl (C=O) groups excluding carboxylic acids is 1. The van der Waals surface area contributed by atoms with Crippen molar-refractivity contribution in [3.05, 3.63) is 47.5 Å². The minimum Gasteiger partial charge on any atom is -0.384 e. The van der Waals surface area contributed by atoms with Crippen LogP contribution in [0.5, 0.6) is 0 Å². The molecule has 0 radical (unpaired) electrons. The van der Waals surface area contributed by atoms with Crippen LogP contribution in [0.1, 0.15) is 25.3 Å². The molecule has 78 valence electrons. The third-order valence-electron chi connectivity index (χ3n) is 2.76. The van der Waals surface area contributed by atoms with Crippen molar-refractivity contribution in [1.29, 1.82) is 0 Å². The Hall–Kier alpha value is -1.41. The molecule has 2 nitrogen and oxygen atoms in total. The molecule has 0 aromatic heterocycles. The van der Waals surface area contributed by atoms with E-state index in [1.807, 2.05) is 37.3 Å². The zero-order chi connectivity index (χ0) is 10.9. The van der Waals surface area contributed by atoms with Gasteiger partial charge in [-0.25, -0.2) is 0 Å². The second-order valence-electron chi connectivity index (χ2n) is 4.21. The molecule has 1 unspecified atom stereocenters. The van der Waals surface area contributed by atoms with Crippen molar-refractivity contribution in [1.82, 2.24) is 0 Å². The van der Waals surface area contributed by atoms with E-state index in [0.717, 1.165) is 11.1 Å². The lowest BCUT2D eigenvalue weighted by Gasteiger charge is -2.31. The average Bonchev–Trinajstić information content (AvgIpc) is 2.17. The second kappa shape index (κ2) is 3.63. The van der Waals surface area contributed by atoms with Crippen molar-refractivity contribution < 1.29 is 9.90 Å². The van der Waals surface area contributed by atoms with Gasteiger partial charge in [0, 0.05) is 12.8 Å². The zero-order valence-corrected chi connectivity index (χ0v) is 8.73. The van der Waals surface area contributed by atoms with E-state index < -0.39 is 5.60 Å². The lowest BCUT2D eigenvalue weighted by molar-refractivity contribution is -0.120. The third-order valence-corrected chi connectivity index (χ3v) is 2.76. The molecule has 0 aliphatic heterocycles. The van der Waals surface area contributed by atoms with Gasteiger partial charge in [0.2, 0.25) is 0 Å². The highest BCUT2D eigenvalue weighted by molar-refractivity contribution is 5.92. The number of hydrogen-bond acceptors (Lipinski definition) is 2. The van der Waals surface area contributed by atoms with Gasteiger partial charge in [-0.15, -0.1) is 0 Å². The molecule has 0 fully saturated rings. The van der Waals surface area contributed by atoms with Gasteiger partial charge in [-0.2, -0.15) is 0 Å². The summed E-state index contributed by atoms with van der Waals surface area (Å²) in [5, 5.41) is 10.4. The van der Waals surface area contributed by atoms with Gasteiger partial charge in [0.05, 0.1) is 0 Å². The van der Waals surface area contributed by atoms with Crippen LogP contribution in [0.4, 0.5) is 0 Å². The third kappa shape index (κ3) is 2.00. The molecule has 0 bridgehead atoms. The van der Waals surface area contributed by atoms with Crippen molar-refractivity contribution in [2.24, 2.45) is 0 Å². The van der Waals surface area contributed by atoms with Gasteiger partial charge in [0.25, 0.3) is 0 Å². The first-order valence-corrected chi connectivity index (χ1v) is 5.08. The summed E-state index contributed by atoms with van der Waals surface area (Å²) in [5.41, 5.74) is 0.764. The summed E-state index contributed by atoms with van der Waals surface area (Å²) in [6.07, 6.45) is 2.36. The first-order chi connectivity index (χ1) is 7.10. The van der Waals surface area contributed by atoms with E-state index in [2.05, 4.69) is 0 Å². The van der Waals surface area contributed by atoms with Crippen molar-refractivity contribution in [2.45, 2.75) is 25.4 Å². The minimum atomic E-state index is -1.00. The Morgan fingerprint density at radius 3 is 2.47 bits per heavy atom. The molecule has 1 N–H and O–H groups in total. The lowest BCUT2D eigenvalue weighted by Crippen LogP contribution is -2.31. The van der Waals surface area contributed by atoms with E-state index in [0.29, 0.717) is 6.42 Å². The van der Waals surface area contributed by atoms with Gasteiger partial charge in [0.1, 0.15) is 5.60 Å². The van der Waals surface area contributed by atoms with Crippen molar-refractivity contribution in [3.63, 3.8) is 0 Å². The first-order valence-electron chi connectivity index (χ1n) is 5.08. The molecule has 0 saturated heterocycles.